The molecule has 1 heterocycles. The standard InChI is InChI=1S/C18H14F3N3OS/c1-25-16-5-3-2-4-14(16)15-11-26-17(23-15)24-22-10-12-6-8-13(9-7-12)18(19,20)21/h2-11H,1H3,(H,23,24)/b22-10-. The van der Waals surface area contributed by atoms with Gasteiger partial charge in [-0.2, -0.15) is 18.3 Å². The Labute approximate surface area is 152 Å². The molecule has 0 saturated heterocycles. The van der Waals surface area contributed by atoms with E-state index in [0.717, 1.165) is 29.1 Å². The zero-order chi connectivity index (χ0) is 18.6. The van der Waals surface area contributed by atoms with E-state index in [9.17, 15) is 13.2 Å². The van der Waals surface area contributed by atoms with Crippen LogP contribution in [-0.4, -0.2) is 18.3 Å². The largest absolute Gasteiger partial charge is 0.496 e. The molecule has 0 spiro atoms. The van der Waals surface area contributed by atoms with Gasteiger partial charge in [0.05, 0.1) is 24.6 Å². The number of aromatic nitrogens is 1. The van der Waals surface area contributed by atoms with E-state index in [0.29, 0.717) is 10.7 Å². The molecule has 1 aromatic heterocycles. The maximum absolute atomic E-state index is 12.5. The van der Waals surface area contributed by atoms with Crippen LogP contribution in [0.1, 0.15) is 11.1 Å². The molecule has 1 N–H and O–H groups in total. The predicted octanol–water partition coefficient (Wildman–Crippen LogP) is 5.28. The molecule has 26 heavy (non-hydrogen) atoms. The Kier molecular flexibility index (Phi) is 5.22. The summed E-state index contributed by atoms with van der Waals surface area (Å²) >= 11 is 1.36. The summed E-state index contributed by atoms with van der Waals surface area (Å²) in [5, 5.41) is 6.45. The summed E-state index contributed by atoms with van der Waals surface area (Å²) in [6.45, 7) is 0. The van der Waals surface area contributed by atoms with Crippen LogP contribution < -0.4 is 10.2 Å². The number of anilines is 1. The molecule has 0 unspecified atom stereocenters. The Bertz CT molecular complexity index is 905. The second kappa shape index (κ2) is 7.57. The lowest BCUT2D eigenvalue weighted by molar-refractivity contribution is -0.137. The number of para-hydroxylation sites is 1. The number of methoxy groups -OCH3 is 1. The molecule has 0 fully saturated rings. The number of hydrazone groups is 1. The summed E-state index contributed by atoms with van der Waals surface area (Å²) in [5.41, 5.74) is 4.25. The van der Waals surface area contributed by atoms with Crippen molar-refractivity contribution in [2.24, 2.45) is 5.10 Å². The van der Waals surface area contributed by atoms with E-state index in [4.69, 9.17) is 4.74 Å². The third kappa shape index (κ3) is 4.20. The van der Waals surface area contributed by atoms with Crippen molar-refractivity contribution in [2.45, 2.75) is 6.18 Å². The van der Waals surface area contributed by atoms with E-state index in [1.807, 2.05) is 29.6 Å². The lowest BCUT2D eigenvalue weighted by Gasteiger charge is -2.05. The van der Waals surface area contributed by atoms with Crippen molar-refractivity contribution in [2.75, 3.05) is 12.5 Å². The molecule has 3 aromatic rings. The van der Waals surface area contributed by atoms with Gasteiger partial charge in [-0.1, -0.05) is 24.3 Å². The zero-order valence-corrected chi connectivity index (χ0v) is 14.4. The van der Waals surface area contributed by atoms with Gasteiger partial charge in [-0.05, 0) is 29.8 Å². The Balaban J connectivity index is 1.67. The van der Waals surface area contributed by atoms with E-state index < -0.39 is 11.7 Å². The van der Waals surface area contributed by atoms with E-state index in [-0.39, 0.29) is 0 Å². The SMILES string of the molecule is COc1ccccc1-c1csc(N/N=C\c2ccc(C(F)(F)F)cc2)n1. The number of nitrogens with one attached hydrogen (secondary N) is 1. The van der Waals surface area contributed by atoms with Crippen LogP contribution in [-0.2, 0) is 6.18 Å². The third-order valence-corrected chi connectivity index (χ3v) is 4.25. The van der Waals surface area contributed by atoms with Crippen molar-refractivity contribution in [1.82, 2.24) is 4.98 Å². The minimum absolute atomic E-state index is 0.548. The Morgan fingerprint density at radius 2 is 1.85 bits per heavy atom. The number of nitrogens with zero attached hydrogens (tertiary/aromatic N) is 2. The lowest BCUT2D eigenvalue weighted by Crippen LogP contribution is -2.04. The molecular weight excluding hydrogens is 363 g/mol. The highest BCUT2D eigenvalue weighted by Gasteiger charge is 2.29. The van der Waals surface area contributed by atoms with Gasteiger partial charge in [-0.3, -0.25) is 5.43 Å². The molecule has 0 aliphatic heterocycles. The summed E-state index contributed by atoms with van der Waals surface area (Å²) in [5.74, 6) is 0.720. The summed E-state index contributed by atoms with van der Waals surface area (Å²) in [6, 6.07) is 12.3. The third-order valence-electron chi connectivity index (χ3n) is 3.50. The molecule has 3 rings (SSSR count). The summed E-state index contributed by atoms with van der Waals surface area (Å²) < 4.78 is 42.9. The van der Waals surface area contributed by atoms with Crippen LogP contribution in [0.2, 0.25) is 0 Å². The number of hydrogen-bond acceptors (Lipinski definition) is 5. The van der Waals surface area contributed by atoms with Crippen LogP contribution in [0, 0.1) is 0 Å². The Hall–Kier alpha value is -2.87. The average Bonchev–Trinajstić information content (AvgIpc) is 3.10. The molecule has 4 nitrogen and oxygen atoms in total. The van der Waals surface area contributed by atoms with Crippen LogP contribution >= 0.6 is 11.3 Å². The molecule has 134 valence electrons. The van der Waals surface area contributed by atoms with Crippen LogP contribution in [0.15, 0.2) is 59.0 Å². The first-order valence-electron chi connectivity index (χ1n) is 7.52. The summed E-state index contributed by atoms with van der Waals surface area (Å²) in [7, 11) is 1.60. The normalized spacial score (nSPS) is 11.7. The molecule has 8 heteroatoms. The molecular formula is C18H14F3N3OS. The van der Waals surface area contributed by atoms with Crippen LogP contribution in [0.3, 0.4) is 0 Å². The molecule has 0 atom stereocenters. The predicted molar refractivity (Wildman–Crippen MR) is 96.8 cm³/mol. The molecule has 0 aliphatic carbocycles. The first-order valence-corrected chi connectivity index (χ1v) is 8.40. The topological polar surface area (TPSA) is 46.5 Å². The van der Waals surface area contributed by atoms with Gasteiger partial charge in [0.25, 0.3) is 0 Å². The molecule has 0 saturated carbocycles. The van der Waals surface area contributed by atoms with Gasteiger partial charge in [0.1, 0.15) is 5.75 Å². The second-order valence-corrected chi connectivity index (χ2v) is 6.09. The van der Waals surface area contributed by atoms with Crippen LogP contribution in [0.5, 0.6) is 5.75 Å². The smallest absolute Gasteiger partial charge is 0.416 e. The van der Waals surface area contributed by atoms with Gasteiger partial charge >= 0.3 is 6.18 Å². The molecule has 0 radical (unpaired) electrons. The van der Waals surface area contributed by atoms with Crippen molar-refractivity contribution < 1.29 is 17.9 Å². The molecule has 0 amide bonds. The first-order chi connectivity index (χ1) is 12.5. The van der Waals surface area contributed by atoms with E-state index in [2.05, 4.69) is 15.5 Å². The monoisotopic (exact) mass is 377 g/mol. The second-order valence-electron chi connectivity index (χ2n) is 5.23. The number of alkyl halides is 3. The number of halogens is 3. The van der Waals surface area contributed by atoms with Crippen molar-refractivity contribution in [1.29, 1.82) is 0 Å². The van der Waals surface area contributed by atoms with Crippen LogP contribution in [0.25, 0.3) is 11.3 Å². The number of hydrogen-bond donors (Lipinski definition) is 1. The fraction of sp³-hybridized carbons (Fsp3) is 0.111. The van der Waals surface area contributed by atoms with Gasteiger partial charge in [0, 0.05) is 10.9 Å². The van der Waals surface area contributed by atoms with Gasteiger partial charge < -0.3 is 4.74 Å². The van der Waals surface area contributed by atoms with Crippen molar-refractivity contribution in [3.8, 4) is 17.0 Å². The maximum atomic E-state index is 12.5. The lowest BCUT2D eigenvalue weighted by atomic mass is 10.1. The van der Waals surface area contributed by atoms with E-state index >= 15 is 0 Å². The average molecular weight is 377 g/mol. The minimum atomic E-state index is -4.34. The number of benzene rings is 2. The highest BCUT2D eigenvalue weighted by molar-refractivity contribution is 7.14. The fourth-order valence-electron chi connectivity index (χ4n) is 2.23. The van der Waals surface area contributed by atoms with E-state index in [1.165, 1.54) is 29.7 Å². The number of thiazole rings is 1. The van der Waals surface area contributed by atoms with Gasteiger partial charge in [-0.15, -0.1) is 11.3 Å². The quantitative estimate of drug-likeness (QED) is 0.486. The van der Waals surface area contributed by atoms with Gasteiger partial charge in [0.2, 0.25) is 5.13 Å². The summed E-state index contributed by atoms with van der Waals surface area (Å²) in [4.78, 5) is 4.43. The summed E-state index contributed by atoms with van der Waals surface area (Å²) in [6.07, 6.45) is -2.91. The van der Waals surface area contributed by atoms with Gasteiger partial charge in [0.15, 0.2) is 0 Å². The minimum Gasteiger partial charge on any atom is -0.496 e. The number of ether oxygens (including phenoxy) is 1. The van der Waals surface area contributed by atoms with Crippen molar-refractivity contribution in [3.05, 3.63) is 65.0 Å². The molecule has 2 aromatic carbocycles. The zero-order valence-electron chi connectivity index (χ0n) is 13.6. The fourth-order valence-corrected chi connectivity index (χ4v) is 2.88. The highest BCUT2D eigenvalue weighted by atomic mass is 32.1. The van der Waals surface area contributed by atoms with Crippen LogP contribution in [0.4, 0.5) is 18.3 Å². The highest BCUT2D eigenvalue weighted by Crippen LogP contribution is 2.32. The van der Waals surface area contributed by atoms with E-state index in [1.54, 1.807) is 7.11 Å². The molecule has 0 aliphatic rings. The van der Waals surface area contributed by atoms with Gasteiger partial charge in [-0.25, -0.2) is 4.98 Å². The van der Waals surface area contributed by atoms with Crippen molar-refractivity contribution in [3.63, 3.8) is 0 Å². The Morgan fingerprint density at radius 3 is 2.54 bits per heavy atom. The number of rotatable bonds is 5. The molecule has 0 bridgehead atoms. The Morgan fingerprint density at radius 1 is 1.12 bits per heavy atom. The maximum Gasteiger partial charge on any atom is 0.416 e. The van der Waals surface area contributed by atoms with Crippen molar-refractivity contribution >= 4 is 22.7 Å². The first kappa shape index (κ1) is 17.9.